The highest BCUT2D eigenvalue weighted by Crippen LogP contribution is 2.28. The molecule has 9 heteroatoms. The van der Waals surface area contributed by atoms with E-state index in [4.69, 9.17) is 27.9 Å². The van der Waals surface area contributed by atoms with E-state index in [2.05, 4.69) is 27.6 Å². The summed E-state index contributed by atoms with van der Waals surface area (Å²) in [5.41, 5.74) is 1.07. The Morgan fingerprint density at radius 1 is 1.46 bits per heavy atom. The number of anilines is 1. The predicted molar refractivity (Wildman–Crippen MR) is 96.3 cm³/mol. The first-order valence-electron chi connectivity index (χ1n) is 7.31. The van der Waals surface area contributed by atoms with Gasteiger partial charge in [0.25, 0.3) is 0 Å². The van der Waals surface area contributed by atoms with E-state index in [9.17, 15) is 4.79 Å². The maximum atomic E-state index is 11.9. The smallest absolute Gasteiger partial charge is 0.323 e. The van der Waals surface area contributed by atoms with Gasteiger partial charge in [0.05, 0.1) is 10.7 Å². The minimum Gasteiger partial charge on any atom is -0.472 e. The van der Waals surface area contributed by atoms with Gasteiger partial charge in [-0.05, 0) is 25.2 Å². The number of hydrogen-bond acceptors (Lipinski definition) is 5. The zero-order valence-corrected chi connectivity index (χ0v) is 15.3. The number of carbonyl (C=O) groups excluding carboxylic acids is 1. The number of nitrogens with zero attached hydrogens (tertiary/aromatic N) is 2. The summed E-state index contributed by atoms with van der Waals surface area (Å²) >= 11 is 13.3. The Morgan fingerprint density at radius 3 is 3.08 bits per heavy atom. The van der Waals surface area contributed by atoms with Gasteiger partial charge in [0, 0.05) is 29.4 Å². The van der Waals surface area contributed by atoms with Crippen LogP contribution >= 0.6 is 34.5 Å². The minimum absolute atomic E-state index is 0.0129. The van der Waals surface area contributed by atoms with Crippen LogP contribution < -0.4 is 15.4 Å². The molecule has 24 heavy (non-hydrogen) atoms. The second-order valence-electron chi connectivity index (χ2n) is 5.37. The number of urea groups is 1. The summed E-state index contributed by atoms with van der Waals surface area (Å²) in [5.74, 6) is 0.453. The van der Waals surface area contributed by atoms with E-state index in [0.717, 1.165) is 25.2 Å². The van der Waals surface area contributed by atoms with E-state index in [0.29, 0.717) is 20.9 Å². The van der Waals surface area contributed by atoms with Gasteiger partial charge in [0.15, 0.2) is 11.9 Å². The van der Waals surface area contributed by atoms with Crippen LogP contribution in [0.1, 0.15) is 10.6 Å². The van der Waals surface area contributed by atoms with Crippen molar-refractivity contribution in [3.8, 4) is 5.75 Å². The minimum atomic E-state index is -0.375. The van der Waals surface area contributed by atoms with Gasteiger partial charge >= 0.3 is 6.03 Å². The Bertz CT molecular complexity index is 753. The van der Waals surface area contributed by atoms with Crippen molar-refractivity contribution in [3.05, 3.63) is 38.8 Å². The number of carbonyl (C=O) groups is 1. The van der Waals surface area contributed by atoms with Crippen molar-refractivity contribution >= 4 is 45.7 Å². The molecule has 128 valence electrons. The van der Waals surface area contributed by atoms with E-state index in [1.165, 1.54) is 16.2 Å². The Kier molecular flexibility index (Phi) is 5.45. The van der Waals surface area contributed by atoms with Gasteiger partial charge in [0.2, 0.25) is 0 Å². The lowest BCUT2D eigenvalue weighted by Gasteiger charge is -2.20. The lowest BCUT2D eigenvalue weighted by atomic mass is 10.2. The fourth-order valence-electron chi connectivity index (χ4n) is 2.29. The maximum absolute atomic E-state index is 11.9. The Labute approximate surface area is 153 Å². The maximum Gasteiger partial charge on any atom is 0.323 e. The first-order chi connectivity index (χ1) is 11.5. The van der Waals surface area contributed by atoms with Crippen LogP contribution in [0.15, 0.2) is 18.2 Å². The van der Waals surface area contributed by atoms with Crippen LogP contribution in [0.25, 0.3) is 0 Å². The van der Waals surface area contributed by atoms with E-state index < -0.39 is 0 Å². The zero-order valence-electron chi connectivity index (χ0n) is 12.9. The number of halogens is 2. The van der Waals surface area contributed by atoms with Gasteiger partial charge in [-0.15, -0.1) is 11.3 Å². The van der Waals surface area contributed by atoms with Gasteiger partial charge in [-0.25, -0.2) is 9.78 Å². The third-order valence-electron chi connectivity index (χ3n) is 3.50. The van der Waals surface area contributed by atoms with Gasteiger partial charge in [-0.2, -0.15) is 0 Å². The van der Waals surface area contributed by atoms with Crippen LogP contribution in [0.3, 0.4) is 0 Å². The SMILES string of the molecule is CN1CCc2nc(NC(=O)NCOc3ccc(Cl)cc3Cl)sc2C1. The molecule has 2 heterocycles. The molecule has 0 atom stereocenters. The van der Waals surface area contributed by atoms with E-state index >= 15 is 0 Å². The molecule has 0 unspecified atom stereocenters. The van der Waals surface area contributed by atoms with Crippen LogP contribution in [0.5, 0.6) is 5.75 Å². The van der Waals surface area contributed by atoms with Crippen LogP contribution in [-0.2, 0) is 13.0 Å². The number of benzene rings is 1. The molecule has 1 aromatic carbocycles. The summed E-state index contributed by atoms with van der Waals surface area (Å²) in [5, 5.41) is 6.84. The number of aromatic nitrogens is 1. The van der Waals surface area contributed by atoms with Crippen LogP contribution in [0, 0.1) is 0 Å². The molecule has 0 bridgehead atoms. The lowest BCUT2D eigenvalue weighted by Crippen LogP contribution is -2.32. The highest BCUT2D eigenvalue weighted by atomic mass is 35.5. The van der Waals surface area contributed by atoms with Crippen molar-refractivity contribution in [1.82, 2.24) is 15.2 Å². The van der Waals surface area contributed by atoms with E-state index in [-0.39, 0.29) is 12.8 Å². The van der Waals surface area contributed by atoms with Crippen molar-refractivity contribution in [2.75, 3.05) is 25.6 Å². The molecule has 0 saturated heterocycles. The van der Waals surface area contributed by atoms with Crippen molar-refractivity contribution < 1.29 is 9.53 Å². The van der Waals surface area contributed by atoms with Gasteiger partial charge in [-0.1, -0.05) is 23.2 Å². The topological polar surface area (TPSA) is 66.5 Å². The third kappa shape index (κ3) is 4.30. The monoisotopic (exact) mass is 386 g/mol. The molecule has 1 aliphatic heterocycles. The van der Waals surface area contributed by atoms with Crippen LogP contribution in [-0.4, -0.2) is 36.2 Å². The normalized spacial score (nSPS) is 14.1. The molecule has 1 aliphatic rings. The van der Waals surface area contributed by atoms with Crippen molar-refractivity contribution in [2.45, 2.75) is 13.0 Å². The van der Waals surface area contributed by atoms with Gasteiger partial charge in [-0.3, -0.25) is 5.32 Å². The molecule has 2 aromatic rings. The molecule has 3 rings (SSSR count). The van der Waals surface area contributed by atoms with E-state index in [1.807, 2.05) is 0 Å². The Hall–Kier alpha value is -1.54. The first kappa shape index (κ1) is 17.3. The predicted octanol–water partition coefficient (Wildman–Crippen LogP) is 3.60. The summed E-state index contributed by atoms with van der Waals surface area (Å²) in [6, 6.07) is 4.52. The summed E-state index contributed by atoms with van der Waals surface area (Å²) < 4.78 is 5.41. The third-order valence-corrected chi connectivity index (χ3v) is 5.03. The molecular weight excluding hydrogens is 371 g/mol. The molecule has 2 amide bonds. The second-order valence-corrected chi connectivity index (χ2v) is 7.30. The highest BCUT2D eigenvalue weighted by Gasteiger charge is 2.19. The van der Waals surface area contributed by atoms with Gasteiger partial charge in [0.1, 0.15) is 5.75 Å². The summed E-state index contributed by atoms with van der Waals surface area (Å²) in [6.07, 6.45) is 0.907. The summed E-state index contributed by atoms with van der Waals surface area (Å²) in [7, 11) is 2.07. The molecule has 2 N–H and O–H groups in total. The largest absolute Gasteiger partial charge is 0.472 e. The van der Waals surface area contributed by atoms with Crippen LogP contribution in [0.4, 0.5) is 9.93 Å². The molecule has 0 saturated carbocycles. The van der Waals surface area contributed by atoms with Crippen molar-refractivity contribution in [3.63, 3.8) is 0 Å². The zero-order chi connectivity index (χ0) is 17.1. The van der Waals surface area contributed by atoms with Gasteiger partial charge < -0.3 is 15.0 Å². The number of fused-ring (bicyclic) bond motifs is 1. The highest BCUT2D eigenvalue weighted by molar-refractivity contribution is 7.15. The molecule has 6 nitrogen and oxygen atoms in total. The number of likely N-dealkylation sites (N-methyl/N-ethyl adjacent to an activating group) is 1. The first-order valence-corrected chi connectivity index (χ1v) is 8.88. The average Bonchev–Trinajstić information content (AvgIpc) is 2.90. The summed E-state index contributed by atoms with van der Waals surface area (Å²) in [4.78, 5) is 19.8. The summed E-state index contributed by atoms with van der Waals surface area (Å²) in [6.45, 7) is 1.84. The second kappa shape index (κ2) is 7.57. The molecule has 0 fully saturated rings. The van der Waals surface area contributed by atoms with Crippen molar-refractivity contribution in [1.29, 1.82) is 0 Å². The number of thiazole rings is 1. The number of rotatable bonds is 4. The molecular formula is C15H16Cl2N4O2S. The van der Waals surface area contributed by atoms with Crippen molar-refractivity contribution in [2.24, 2.45) is 0 Å². The Balaban J connectivity index is 1.49. The fraction of sp³-hybridized carbons (Fsp3) is 0.333. The molecule has 1 aromatic heterocycles. The number of amides is 2. The van der Waals surface area contributed by atoms with Crippen LogP contribution in [0.2, 0.25) is 10.0 Å². The number of nitrogens with one attached hydrogen (secondary N) is 2. The number of hydrogen-bond donors (Lipinski definition) is 2. The number of ether oxygens (including phenoxy) is 1. The standard InChI is InChI=1S/C15H16Cl2N4O2S/c1-21-5-4-11-13(7-21)24-15(19-11)20-14(22)18-8-23-12-3-2-9(16)6-10(12)17/h2-3,6H,4-5,7-8H2,1H3,(H2,18,19,20,22). The molecule has 0 spiro atoms. The average molecular weight is 387 g/mol. The fourth-order valence-corrected chi connectivity index (χ4v) is 3.84. The Morgan fingerprint density at radius 2 is 2.29 bits per heavy atom. The molecule has 0 aliphatic carbocycles. The van der Waals surface area contributed by atoms with E-state index in [1.54, 1.807) is 18.2 Å². The molecule has 0 radical (unpaired) electrons. The lowest BCUT2D eigenvalue weighted by molar-refractivity contribution is 0.234. The quantitative estimate of drug-likeness (QED) is 0.787.